The Balaban J connectivity index is 1.63. The molecule has 0 spiro atoms. The Hall–Kier alpha value is -2.81. The number of carbonyl (C=O) groups excluding carboxylic acids is 3. The van der Waals surface area contributed by atoms with Crippen LogP contribution < -0.4 is 0 Å². The predicted octanol–water partition coefficient (Wildman–Crippen LogP) is 0.187. The van der Waals surface area contributed by atoms with Gasteiger partial charge in [0.2, 0.25) is 5.91 Å². The second-order valence-electron chi connectivity index (χ2n) is 6.18. The molecule has 1 aromatic rings. The molecule has 2 heterocycles. The van der Waals surface area contributed by atoms with Crippen LogP contribution in [0.2, 0.25) is 0 Å². The maximum atomic E-state index is 12.2. The summed E-state index contributed by atoms with van der Waals surface area (Å²) in [7, 11) is 0. The van der Waals surface area contributed by atoms with E-state index in [-0.39, 0.29) is 18.7 Å². The third-order valence-electron chi connectivity index (χ3n) is 4.58. The number of amides is 1. The Kier molecular flexibility index (Phi) is 4.25. The van der Waals surface area contributed by atoms with Crippen molar-refractivity contribution in [3.63, 3.8) is 0 Å². The summed E-state index contributed by atoms with van der Waals surface area (Å²) in [5, 5.41) is 20.2. The lowest BCUT2D eigenvalue weighted by molar-refractivity contribution is -0.384. The van der Waals surface area contributed by atoms with E-state index < -0.39 is 46.7 Å². The molecular weight excluding hydrogens is 332 g/mol. The predicted molar refractivity (Wildman–Crippen MR) is 82.1 cm³/mol. The van der Waals surface area contributed by atoms with Crippen molar-refractivity contribution >= 4 is 23.3 Å². The molecule has 9 nitrogen and oxygen atoms in total. The van der Waals surface area contributed by atoms with Gasteiger partial charge in [0.05, 0.1) is 23.0 Å². The standard InChI is InChI=1S/C16H16N2O7/c1-8(19)13-11-6-12(20)14(17(11)15(13)21)16(22)25-7-9-2-4-10(5-3-9)18(23)24/h2-5,8,11,13-14,19H,6-7H2,1H3/t8-,11?,13?,14?/m1/s1. The summed E-state index contributed by atoms with van der Waals surface area (Å²) in [6.07, 6.45) is -0.852. The van der Waals surface area contributed by atoms with Crippen molar-refractivity contribution in [2.75, 3.05) is 0 Å². The van der Waals surface area contributed by atoms with Crippen LogP contribution in [0.1, 0.15) is 18.9 Å². The van der Waals surface area contributed by atoms with Gasteiger partial charge in [0.1, 0.15) is 6.61 Å². The second-order valence-corrected chi connectivity index (χ2v) is 6.18. The molecule has 1 amide bonds. The molecular formula is C16H16N2O7. The number of ether oxygens (including phenoxy) is 1. The number of hydrogen-bond donors (Lipinski definition) is 1. The highest BCUT2D eigenvalue weighted by Crippen LogP contribution is 2.40. The monoisotopic (exact) mass is 348 g/mol. The number of nitrogens with zero attached hydrogens (tertiary/aromatic N) is 2. The summed E-state index contributed by atoms with van der Waals surface area (Å²) in [4.78, 5) is 47.6. The summed E-state index contributed by atoms with van der Waals surface area (Å²) in [5.74, 6) is -2.32. The molecule has 9 heteroatoms. The third kappa shape index (κ3) is 2.86. The van der Waals surface area contributed by atoms with Crippen LogP contribution in [0.25, 0.3) is 0 Å². The van der Waals surface area contributed by atoms with Crippen LogP contribution in [-0.4, -0.2) is 50.8 Å². The van der Waals surface area contributed by atoms with Crippen molar-refractivity contribution in [2.45, 2.75) is 38.1 Å². The summed E-state index contributed by atoms with van der Waals surface area (Å²) in [6, 6.07) is 3.73. The number of nitro benzene ring substituents is 1. The fourth-order valence-electron chi connectivity index (χ4n) is 3.33. The van der Waals surface area contributed by atoms with Gasteiger partial charge in [0.25, 0.3) is 5.69 Å². The number of nitro groups is 1. The molecule has 2 aliphatic rings. The Morgan fingerprint density at radius 3 is 2.60 bits per heavy atom. The van der Waals surface area contributed by atoms with E-state index in [9.17, 15) is 29.6 Å². The molecule has 3 unspecified atom stereocenters. The minimum absolute atomic E-state index is 0.0264. The molecule has 0 aromatic heterocycles. The lowest BCUT2D eigenvalue weighted by atomic mass is 9.84. The number of esters is 1. The van der Waals surface area contributed by atoms with Crippen LogP contribution in [0.4, 0.5) is 5.69 Å². The Morgan fingerprint density at radius 2 is 2.04 bits per heavy atom. The van der Waals surface area contributed by atoms with E-state index in [4.69, 9.17) is 4.74 Å². The zero-order chi connectivity index (χ0) is 18.3. The van der Waals surface area contributed by atoms with Gasteiger partial charge in [-0.05, 0) is 24.6 Å². The summed E-state index contributed by atoms with van der Waals surface area (Å²) in [6.45, 7) is 1.32. The van der Waals surface area contributed by atoms with Gasteiger partial charge in [-0.25, -0.2) is 4.79 Å². The number of ketones is 1. The van der Waals surface area contributed by atoms with Gasteiger partial charge in [-0.15, -0.1) is 0 Å². The van der Waals surface area contributed by atoms with E-state index in [1.807, 2.05) is 0 Å². The van der Waals surface area contributed by atoms with Gasteiger partial charge >= 0.3 is 5.97 Å². The van der Waals surface area contributed by atoms with Crippen LogP contribution in [0, 0.1) is 16.0 Å². The van der Waals surface area contributed by atoms with Gasteiger partial charge in [-0.2, -0.15) is 0 Å². The van der Waals surface area contributed by atoms with Crippen molar-refractivity contribution in [1.82, 2.24) is 4.90 Å². The summed E-state index contributed by atoms with van der Waals surface area (Å²) >= 11 is 0. The minimum Gasteiger partial charge on any atom is -0.459 e. The number of β-lactam (4-membered cyclic amide) rings is 1. The highest BCUT2D eigenvalue weighted by molar-refractivity contribution is 6.11. The van der Waals surface area contributed by atoms with E-state index in [1.165, 1.54) is 36.1 Å². The quantitative estimate of drug-likeness (QED) is 0.264. The van der Waals surface area contributed by atoms with Crippen molar-refractivity contribution in [3.8, 4) is 0 Å². The molecule has 2 saturated heterocycles. The number of non-ortho nitro benzene ring substituents is 1. The van der Waals surface area contributed by atoms with Gasteiger partial charge in [-0.1, -0.05) is 0 Å². The van der Waals surface area contributed by atoms with Crippen molar-refractivity contribution < 1.29 is 29.2 Å². The molecule has 132 valence electrons. The fraction of sp³-hybridized carbons (Fsp3) is 0.438. The number of aliphatic hydroxyl groups is 1. The van der Waals surface area contributed by atoms with Crippen molar-refractivity contribution in [2.24, 2.45) is 5.92 Å². The average molecular weight is 348 g/mol. The molecule has 0 aliphatic carbocycles. The maximum absolute atomic E-state index is 12.2. The van der Waals surface area contributed by atoms with Gasteiger partial charge < -0.3 is 14.7 Å². The largest absolute Gasteiger partial charge is 0.459 e. The van der Waals surface area contributed by atoms with Gasteiger partial charge in [0.15, 0.2) is 11.8 Å². The molecule has 4 atom stereocenters. The number of benzene rings is 1. The molecule has 0 saturated carbocycles. The molecule has 0 bridgehead atoms. The lowest BCUT2D eigenvalue weighted by Gasteiger charge is -2.45. The first-order valence-electron chi connectivity index (χ1n) is 7.74. The van der Waals surface area contributed by atoms with Crippen LogP contribution in [0.5, 0.6) is 0 Å². The van der Waals surface area contributed by atoms with Crippen LogP contribution in [-0.2, 0) is 25.7 Å². The number of rotatable bonds is 5. The SMILES string of the molecule is C[C@@H](O)C1C(=O)N2C(C(=O)OCc3ccc([N+](=O)[O-])cc3)C(=O)CC12. The highest BCUT2D eigenvalue weighted by Gasteiger charge is 2.61. The lowest BCUT2D eigenvalue weighted by Crippen LogP contribution is -2.64. The first kappa shape index (κ1) is 17.0. The molecule has 2 aliphatic heterocycles. The van der Waals surface area contributed by atoms with E-state index in [1.54, 1.807) is 0 Å². The molecule has 1 N–H and O–H groups in total. The van der Waals surface area contributed by atoms with E-state index in [0.717, 1.165) is 0 Å². The number of Topliss-reactive ketones (excluding diaryl/α,β-unsaturated/α-hetero) is 1. The third-order valence-corrected chi connectivity index (χ3v) is 4.58. The van der Waals surface area contributed by atoms with Crippen LogP contribution >= 0.6 is 0 Å². The number of carbonyl (C=O) groups is 3. The first-order chi connectivity index (χ1) is 11.8. The fourth-order valence-corrected chi connectivity index (χ4v) is 3.33. The Morgan fingerprint density at radius 1 is 1.40 bits per heavy atom. The zero-order valence-electron chi connectivity index (χ0n) is 13.3. The second kappa shape index (κ2) is 6.25. The smallest absolute Gasteiger partial charge is 0.337 e. The maximum Gasteiger partial charge on any atom is 0.337 e. The summed E-state index contributed by atoms with van der Waals surface area (Å²) < 4.78 is 5.09. The molecule has 0 radical (unpaired) electrons. The first-order valence-corrected chi connectivity index (χ1v) is 7.74. The van der Waals surface area contributed by atoms with E-state index >= 15 is 0 Å². The molecule has 3 rings (SSSR count). The average Bonchev–Trinajstić information content (AvgIpc) is 2.85. The van der Waals surface area contributed by atoms with Gasteiger partial charge in [-0.3, -0.25) is 19.7 Å². The summed E-state index contributed by atoms with van der Waals surface area (Å²) in [5.41, 5.74) is 0.442. The van der Waals surface area contributed by atoms with Crippen LogP contribution in [0.3, 0.4) is 0 Å². The number of hydrogen-bond acceptors (Lipinski definition) is 7. The Labute approximate surface area is 142 Å². The number of aliphatic hydroxyl groups excluding tert-OH is 1. The Bertz CT molecular complexity index is 743. The zero-order valence-corrected chi connectivity index (χ0v) is 13.3. The van der Waals surface area contributed by atoms with Crippen molar-refractivity contribution in [3.05, 3.63) is 39.9 Å². The topological polar surface area (TPSA) is 127 Å². The van der Waals surface area contributed by atoms with E-state index in [0.29, 0.717) is 5.56 Å². The van der Waals surface area contributed by atoms with Gasteiger partial charge in [0, 0.05) is 18.6 Å². The molecule has 25 heavy (non-hydrogen) atoms. The van der Waals surface area contributed by atoms with Crippen molar-refractivity contribution in [1.29, 1.82) is 0 Å². The minimum atomic E-state index is -1.27. The highest BCUT2D eigenvalue weighted by atomic mass is 16.6. The molecule has 1 aromatic carbocycles. The van der Waals surface area contributed by atoms with E-state index in [2.05, 4.69) is 0 Å². The number of fused-ring (bicyclic) bond motifs is 1. The normalized spacial score (nSPS) is 26.0. The van der Waals surface area contributed by atoms with Crippen LogP contribution in [0.15, 0.2) is 24.3 Å². The molecule has 2 fully saturated rings.